The van der Waals surface area contributed by atoms with Gasteiger partial charge in [0.25, 0.3) is 0 Å². The SMILES string of the molecule is O=C(CN1CCN(c2ccccc2OC2CCCC2)CC1)CN1C(=O)C2CC(O)C(O)CC2C1=O.O=C(O)/C=C\C(=O)O. The number of carbonyl (C=O) groups excluding carboxylic acids is 3. The van der Waals surface area contributed by atoms with Gasteiger partial charge in [0.1, 0.15) is 5.75 Å². The van der Waals surface area contributed by atoms with E-state index in [0.29, 0.717) is 31.3 Å². The number of carboxylic acid groups (broad SMARTS) is 2. The minimum Gasteiger partial charge on any atom is -0.488 e. The van der Waals surface area contributed by atoms with E-state index in [9.17, 15) is 34.2 Å². The third-order valence-electron chi connectivity index (χ3n) is 8.36. The van der Waals surface area contributed by atoms with Gasteiger partial charge in [0.15, 0.2) is 5.78 Å². The highest BCUT2D eigenvalue weighted by molar-refractivity contribution is 6.07. The molecule has 2 aliphatic carbocycles. The lowest BCUT2D eigenvalue weighted by Gasteiger charge is -2.36. The number of anilines is 1. The first-order valence-corrected chi connectivity index (χ1v) is 14.6. The minimum absolute atomic E-state index is 0.0645. The molecule has 2 saturated carbocycles. The smallest absolute Gasteiger partial charge is 0.328 e. The number of nitrogens with zero attached hydrogens (tertiary/aromatic N) is 3. The van der Waals surface area contributed by atoms with E-state index >= 15 is 0 Å². The largest absolute Gasteiger partial charge is 0.488 e. The van der Waals surface area contributed by atoms with Crippen molar-refractivity contribution in [1.82, 2.24) is 9.80 Å². The number of piperazine rings is 1. The maximum atomic E-state index is 12.8. The molecule has 2 amide bonds. The molecule has 4 unspecified atom stereocenters. The normalized spacial score (nSPS) is 26.3. The Balaban J connectivity index is 0.000000467. The molecular formula is C30H39N3O10. The van der Waals surface area contributed by atoms with Crippen LogP contribution in [0.15, 0.2) is 36.4 Å². The molecule has 43 heavy (non-hydrogen) atoms. The monoisotopic (exact) mass is 601 g/mol. The Kier molecular flexibility index (Phi) is 10.9. The topological polar surface area (TPSA) is 185 Å². The fourth-order valence-electron chi connectivity index (χ4n) is 6.14. The molecule has 4 atom stereocenters. The van der Waals surface area contributed by atoms with Crippen molar-refractivity contribution in [3.8, 4) is 5.75 Å². The first-order chi connectivity index (χ1) is 20.5. The highest BCUT2D eigenvalue weighted by Gasteiger charge is 2.52. The van der Waals surface area contributed by atoms with Crippen LogP contribution in [-0.4, -0.2) is 117 Å². The van der Waals surface area contributed by atoms with Crippen LogP contribution in [0, 0.1) is 11.8 Å². The van der Waals surface area contributed by atoms with Crippen molar-refractivity contribution in [1.29, 1.82) is 0 Å². The molecular weight excluding hydrogens is 562 g/mol. The summed E-state index contributed by atoms with van der Waals surface area (Å²) in [5, 5.41) is 35.4. The molecule has 4 aliphatic rings. The van der Waals surface area contributed by atoms with Crippen LogP contribution in [0.2, 0.25) is 0 Å². The first-order valence-electron chi connectivity index (χ1n) is 14.6. The first kappa shape index (κ1) is 32.1. The molecule has 0 radical (unpaired) electrons. The van der Waals surface area contributed by atoms with Gasteiger partial charge in [-0.15, -0.1) is 0 Å². The Hall–Kier alpha value is -3.81. The van der Waals surface area contributed by atoms with E-state index in [0.717, 1.165) is 42.3 Å². The molecule has 13 nitrogen and oxygen atoms in total. The van der Waals surface area contributed by atoms with E-state index in [2.05, 4.69) is 15.9 Å². The van der Waals surface area contributed by atoms with Gasteiger partial charge in [0.05, 0.1) is 48.9 Å². The van der Waals surface area contributed by atoms with Crippen molar-refractivity contribution >= 4 is 35.2 Å². The van der Waals surface area contributed by atoms with Crippen molar-refractivity contribution in [2.75, 3.05) is 44.2 Å². The molecule has 2 aliphatic heterocycles. The molecule has 0 bridgehead atoms. The van der Waals surface area contributed by atoms with E-state index < -0.39 is 47.8 Å². The van der Waals surface area contributed by atoms with Gasteiger partial charge in [-0.25, -0.2) is 9.59 Å². The standard InChI is InChI=1S/C26H35N3O6.C4H4O4/c30-17(16-29-25(33)19-13-22(31)23(32)14-20(19)26(29)34)15-27-9-11-28(12-10-27)21-7-3-4-8-24(21)35-18-5-1-2-6-18;5-3(6)1-2-4(7)8/h3-4,7-8,18-20,22-23,31-32H,1-2,5-6,9-16H2;1-2H,(H,5,6)(H,7,8)/b;2-1-. The zero-order valence-corrected chi connectivity index (χ0v) is 23.9. The summed E-state index contributed by atoms with van der Waals surface area (Å²) in [6.07, 6.45) is 4.18. The Morgan fingerprint density at radius 2 is 1.35 bits per heavy atom. The molecule has 1 aromatic rings. The number of aliphatic hydroxyl groups is 2. The second-order valence-electron chi connectivity index (χ2n) is 11.4. The van der Waals surface area contributed by atoms with Crippen molar-refractivity contribution in [3.63, 3.8) is 0 Å². The summed E-state index contributed by atoms with van der Waals surface area (Å²) in [6.45, 7) is 2.88. The van der Waals surface area contributed by atoms with E-state index in [-0.39, 0.29) is 31.7 Å². The van der Waals surface area contributed by atoms with Crippen LogP contribution < -0.4 is 9.64 Å². The Bertz CT molecular complexity index is 1180. The van der Waals surface area contributed by atoms with Crippen molar-refractivity contribution in [2.24, 2.45) is 11.8 Å². The van der Waals surface area contributed by atoms with Gasteiger partial charge in [-0.05, 0) is 50.7 Å². The van der Waals surface area contributed by atoms with Crippen LogP contribution in [0.25, 0.3) is 0 Å². The number of likely N-dealkylation sites (tertiary alicyclic amines) is 1. The molecule has 0 spiro atoms. The van der Waals surface area contributed by atoms with Gasteiger partial charge >= 0.3 is 11.9 Å². The third-order valence-corrected chi connectivity index (χ3v) is 8.36. The number of carbonyl (C=O) groups is 5. The van der Waals surface area contributed by atoms with E-state index in [4.69, 9.17) is 14.9 Å². The van der Waals surface area contributed by atoms with Crippen LogP contribution in [-0.2, 0) is 24.0 Å². The average Bonchev–Trinajstić information content (AvgIpc) is 3.56. The van der Waals surface area contributed by atoms with Crippen LogP contribution in [0.4, 0.5) is 5.69 Å². The Labute approximate surface area is 249 Å². The van der Waals surface area contributed by atoms with Gasteiger partial charge in [-0.2, -0.15) is 0 Å². The predicted molar refractivity (Wildman–Crippen MR) is 152 cm³/mol. The lowest BCUT2D eigenvalue weighted by atomic mass is 9.78. The van der Waals surface area contributed by atoms with Gasteiger partial charge in [0.2, 0.25) is 11.8 Å². The summed E-state index contributed by atoms with van der Waals surface area (Å²) in [5.41, 5.74) is 1.09. The Morgan fingerprint density at radius 1 is 0.814 bits per heavy atom. The van der Waals surface area contributed by atoms with E-state index in [1.54, 1.807) is 0 Å². The van der Waals surface area contributed by atoms with Crippen LogP contribution >= 0.6 is 0 Å². The fraction of sp³-hybridized carbons (Fsp3) is 0.567. The number of hydrogen-bond donors (Lipinski definition) is 4. The predicted octanol–water partition coefficient (Wildman–Crippen LogP) is 0.528. The molecule has 0 aromatic heterocycles. The van der Waals surface area contributed by atoms with Crippen LogP contribution in [0.5, 0.6) is 5.75 Å². The number of rotatable bonds is 9. The number of ketones is 1. The number of fused-ring (bicyclic) bond motifs is 1. The molecule has 13 heteroatoms. The molecule has 5 rings (SSSR count). The highest BCUT2D eigenvalue weighted by atomic mass is 16.5. The third kappa shape index (κ3) is 8.39. The lowest BCUT2D eigenvalue weighted by Crippen LogP contribution is -2.49. The van der Waals surface area contributed by atoms with Gasteiger partial charge in [0, 0.05) is 38.3 Å². The second-order valence-corrected chi connectivity index (χ2v) is 11.4. The number of imide groups is 1. The fourth-order valence-corrected chi connectivity index (χ4v) is 6.14. The molecule has 4 N–H and O–H groups in total. The maximum Gasteiger partial charge on any atom is 0.328 e. The quantitative estimate of drug-likeness (QED) is 0.228. The van der Waals surface area contributed by atoms with Crippen molar-refractivity contribution < 1.29 is 49.1 Å². The molecule has 2 saturated heterocycles. The number of Topliss-reactive ketones (excluding diaryl/α,β-unsaturated/α-hetero) is 1. The average molecular weight is 602 g/mol. The molecule has 1 aromatic carbocycles. The summed E-state index contributed by atoms with van der Waals surface area (Å²) in [6, 6.07) is 8.14. The zero-order chi connectivity index (χ0) is 31.1. The molecule has 234 valence electrons. The minimum atomic E-state index is -1.26. The van der Waals surface area contributed by atoms with Gasteiger partial charge in [-0.1, -0.05) is 12.1 Å². The molecule has 2 heterocycles. The highest BCUT2D eigenvalue weighted by Crippen LogP contribution is 2.38. The number of benzene rings is 1. The summed E-state index contributed by atoms with van der Waals surface area (Å²) in [5.74, 6) is -3.84. The second kappa shape index (κ2) is 14.6. The number of ether oxygens (including phenoxy) is 1. The summed E-state index contributed by atoms with van der Waals surface area (Å²) in [4.78, 5) is 62.7. The van der Waals surface area contributed by atoms with E-state index in [1.807, 2.05) is 18.2 Å². The molecule has 4 fully saturated rings. The van der Waals surface area contributed by atoms with Crippen LogP contribution in [0.3, 0.4) is 0 Å². The summed E-state index contributed by atoms with van der Waals surface area (Å²) < 4.78 is 6.29. The summed E-state index contributed by atoms with van der Waals surface area (Å²) in [7, 11) is 0. The lowest BCUT2D eigenvalue weighted by molar-refractivity contribution is -0.143. The van der Waals surface area contributed by atoms with Crippen molar-refractivity contribution in [3.05, 3.63) is 36.4 Å². The number of aliphatic hydroxyl groups excluding tert-OH is 2. The number of amides is 2. The number of aliphatic carboxylic acids is 2. The maximum absolute atomic E-state index is 12.8. The zero-order valence-electron chi connectivity index (χ0n) is 23.9. The summed E-state index contributed by atoms with van der Waals surface area (Å²) >= 11 is 0. The number of carboxylic acids is 2. The van der Waals surface area contributed by atoms with Crippen molar-refractivity contribution in [2.45, 2.75) is 56.8 Å². The van der Waals surface area contributed by atoms with Gasteiger partial charge < -0.3 is 30.1 Å². The Morgan fingerprint density at radius 3 is 1.88 bits per heavy atom. The van der Waals surface area contributed by atoms with Crippen LogP contribution in [0.1, 0.15) is 38.5 Å². The van der Waals surface area contributed by atoms with Gasteiger partial charge in [-0.3, -0.25) is 24.2 Å². The van der Waals surface area contributed by atoms with E-state index in [1.165, 1.54) is 12.8 Å². The number of para-hydroxylation sites is 2. The number of hydrogen-bond acceptors (Lipinski definition) is 10.